The molecule has 6 nitrogen and oxygen atoms in total. The van der Waals surface area contributed by atoms with Crippen LogP contribution in [0, 0.1) is 6.92 Å². The molecule has 1 amide bonds. The van der Waals surface area contributed by atoms with Crippen LogP contribution in [-0.4, -0.2) is 26.4 Å². The lowest BCUT2D eigenvalue weighted by Crippen LogP contribution is -2.15. The van der Waals surface area contributed by atoms with E-state index in [0.717, 1.165) is 28.1 Å². The van der Waals surface area contributed by atoms with Gasteiger partial charge in [0.05, 0.1) is 5.75 Å². The van der Waals surface area contributed by atoms with Gasteiger partial charge in [-0.2, -0.15) is 0 Å². The van der Waals surface area contributed by atoms with Crippen LogP contribution in [-0.2, 0) is 17.9 Å². The second kappa shape index (κ2) is 11.3. The smallest absolute Gasteiger partial charge is 0.234 e. The molecule has 0 atom stereocenters. The third kappa shape index (κ3) is 6.14. The highest BCUT2D eigenvalue weighted by atomic mass is 32.2. The minimum absolute atomic E-state index is 0.108. The first-order chi connectivity index (χ1) is 16.6. The van der Waals surface area contributed by atoms with Crippen molar-refractivity contribution >= 4 is 23.4 Å². The van der Waals surface area contributed by atoms with Gasteiger partial charge in [0, 0.05) is 12.2 Å². The molecule has 0 fully saturated rings. The molecule has 1 heterocycles. The summed E-state index contributed by atoms with van der Waals surface area (Å²) in [5.41, 5.74) is 4.12. The van der Waals surface area contributed by atoms with Crippen molar-refractivity contribution in [3.05, 3.63) is 103 Å². The number of carbonyl (C=O) groups excluding carboxylic acids is 1. The first kappa shape index (κ1) is 23.3. The summed E-state index contributed by atoms with van der Waals surface area (Å²) in [6.45, 7) is 6.66. The second-order valence-corrected chi connectivity index (χ2v) is 8.63. The number of allylic oxidation sites excluding steroid dienone is 1. The molecule has 4 aromatic rings. The third-order valence-electron chi connectivity index (χ3n) is 5.07. The minimum atomic E-state index is -0.108. The van der Waals surface area contributed by atoms with Crippen LogP contribution in [0.5, 0.6) is 5.75 Å². The van der Waals surface area contributed by atoms with Gasteiger partial charge in [-0.3, -0.25) is 9.36 Å². The average molecular weight is 471 g/mol. The number of aryl methyl sites for hydroxylation is 1. The quantitative estimate of drug-likeness (QED) is 0.236. The maximum atomic E-state index is 12.5. The number of aromatic nitrogens is 3. The molecule has 7 heteroatoms. The number of ether oxygens (including phenoxy) is 1. The molecule has 0 radical (unpaired) electrons. The summed E-state index contributed by atoms with van der Waals surface area (Å²) >= 11 is 1.33. The molecule has 0 saturated heterocycles. The van der Waals surface area contributed by atoms with Crippen LogP contribution in [0.1, 0.15) is 11.4 Å². The highest BCUT2D eigenvalue weighted by molar-refractivity contribution is 7.99. The summed E-state index contributed by atoms with van der Waals surface area (Å²) in [6, 6.07) is 25.8. The zero-order valence-electron chi connectivity index (χ0n) is 19.0. The van der Waals surface area contributed by atoms with E-state index in [9.17, 15) is 4.79 Å². The number of hydrogen-bond donors (Lipinski definition) is 1. The topological polar surface area (TPSA) is 69.0 Å². The molecule has 3 aromatic carbocycles. The van der Waals surface area contributed by atoms with Crippen LogP contribution in [0.3, 0.4) is 0 Å². The lowest BCUT2D eigenvalue weighted by atomic mass is 10.1. The van der Waals surface area contributed by atoms with Crippen LogP contribution in [0.2, 0.25) is 0 Å². The van der Waals surface area contributed by atoms with Gasteiger partial charge in [0.2, 0.25) is 5.91 Å². The molecule has 4 rings (SSSR count). The Labute approximate surface area is 203 Å². The molecule has 0 unspecified atom stereocenters. The zero-order valence-corrected chi connectivity index (χ0v) is 19.8. The van der Waals surface area contributed by atoms with Crippen molar-refractivity contribution < 1.29 is 9.53 Å². The predicted molar refractivity (Wildman–Crippen MR) is 137 cm³/mol. The summed E-state index contributed by atoms with van der Waals surface area (Å²) in [5.74, 6) is 1.57. The predicted octanol–water partition coefficient (Wildman–Crippen LogP) is 5.75. The van der Waals surface area contributed by atoms with Crippen LogP contribution in [0.25, 0.3) is 11.1 Å². The van der Waals surface area contributed by atoms with Crippen molar-refractivity contribution in [1.82, 2.24) is 14.8 Å². The molecule has 0 aliphatic rings. The Morgan fingerprint density at radius 1 is 1.03 bits per heavy atom. The van der Waals surface area contributed by atoms with E-state index in [1.807, 2.05) is 78.2 Å². The lowest BCUT2D eigenvalue weighted by Gasteiger charge is -2.10. The number of rotatable bonds is 10. The largest absolute Gasteiger partial charge is 0.486 e. The second-order valence-electron chi connectivity index (χ2n) is 7.68. The summed E-state index contributed by atoms with van der Waals surface area (Å²) in [5, 5.41) is 12.1. The Morgan fingerprint density at radius 2 is 1.79 bits per heavy atom. The first-order valence-corrected chi connectivity index (χ1v) is 11.9. The molecule has 0 spiro atoms. The maximum Gasteiger partial charge on any atom is 0.234 e. The standard InChI is InChI=1S/C27H26N4O2S/c1-3-16-31-25(18-33-24-11-7-8-20(2)17-24)29-30-27(31)34-19-26(32)28-23-14-12-22(13-15-23)21-9-5-4-6-10-21/h3-15,17H,1,16,18-19H2,2H3,(H,28,32). The van der Waals surface area contributed by atoms with E-state index >= 15 is 0 Å². The molecular weight excluding hydrogens is 444 g/mol. The molecule has 0 bridgehead atoms. The highest BCUT2D eigenvalue weighted by Crippen LogP contribution is 2.22. The van der Waals surface area contributed by atoms with Crippen molar-refractivity contribution in [2.24, 2.45) is 0 Å². The number of amides is 1. The van der Waals surface area contributed by atoms with Gasteiger partial charge in [-0.05, 0) is 47.9 Å². The van der Waals surface area contributed by atoms with Gasteiger partial charge in [-0.25, -0.2) is 0 Å². The van der Waals surface area contributed by atoms with Gasteiger partial charge in [-0.1, -0.05) is 72.4 Å². The van der Waals surface area contributed by atoms with E-state index in [2.05, 4.69) is 34.2 Å². The Morgan fingerprint density at radius 3 is 2.53 bits per heavy atom. The monoisotopic (exact) mass is 470 g/mol. The highest BCUT2D eigenvalue weighted by Gasteiger charge is 2.14. The summed E-state index contributed by atoms with van der Waals surface area (Å²) in [7, 11) is 0. The molecular formula is C27H26N4O2S. The van der Waals surface area contributed by atoms with Crippen LogP contribution >= 0.6 is 11.8 Å². The van der Waals surface area contributed by atoms with Gasteiger partial charge in [0.1, 0.15) is 12.4 Å². The number of anilines is 1. The fraction of sp³-hybridized carbons (Fsp3) is 0.148. The van der Waals surface area contributed by atoms with E-state index in [0.29, 0.717) is 17.5 Å². The van der Waals surface area contributed by atoms with Crippen LogP contribution in [0.15, 0.2) is 96.7 Å². The van der Waals surface area contributed by atoms with E-state index in [1.165, 1.54) is 11.8 Å². The van der Waals surface area contributed by atoms with Gasteiger partial charge in [-0.15, -0.1) is 16.8 Å². The van der Waals surface area contributed by atoms with Gasteiger partial charge in [0.25, 0.3) is 0 Å². The SMILES string of the molecule is C=CCn1c(COc2cccc(C)c2)nnc1SCC(=O)Nc1ccc(-c2ccccc2)cc1. The number of nitrogens with one attached hydrogen (secondary N) is 1. The van der Waals surface area contributed by atoms with Crippen molar-refractivity contribution in [3.8, 4) is 16.9 Å². The fourth-order valence-corrected chi connectivity index (χ4v) is 4.17. The van der Waals surface area contributed by atoms with Crippen molar-refractivity contribution in [3.63, 3.8) is 0 Å². The molecule has 1 N–H and O–H groups in total. The maximum absolute atomic E-state index is 12.5. The summed E-state index contributed by atoms with van der Waals surface area (Å²) in [6.07, 6.45) is 1.78. The van der Waals surface area contributed by atoms with Crippen molar-refractivity contribution in [2.75, 3.05) is 11.1 Å². The number of nitrogens with zero attached hydrogens (tertiary/aromatic N) is 3. The van der Waals surface area contributed by atoms with Gasteiger partial charge >= 0.3 is 0 Å². The summed E-state index contributed by atoms with van der Waals surface area (Å²) in [4.78, 5) is 12.5. The Bertz CT molecular complexity index is 1250. The first-order valence-electron chi connectivity index (χ1n) is 10.9. The molecule has 1 aromatic heterocycles. The molecule has 0 aliphatic carbocycles. The third-order valence-corrected chi connectivity index (χ3v) is 6.04. The normalized spacial score (nSPS) is 10.6. The van der Waals surface area contributed by atoms with Crippen LogP contribution < -0.4 is 10.1 Å². The fourth-order valence-electron chi connectivity index (χ4n) is 3.40. The Hall–Kier alpha value is -3.84. The van der Waals surface area contributed by atoms with E-state index in [4.69, 9.17) is 4.74 Å². The Kier molecular flexibility index (Phi) is 7.78. The zero-order chi connectivity index (χ0) is 23.8. The van der Waals surface area contributed by atoms with E-state index in [1.54, 1.807) is 6.08 Å². The Balaban J connectivity index is 1.34. The minimum Gasteiger partial charge on any atom is -0.486 e. The number of carbonyl (C=O) groups is 1. The van der Waals surface area contributed by atoms with E-state index in [-0.39, 0.29) is 18.3 Å². The van der Waals surface area contributed by atoms with Gasteiger partial charge in [0.15, 0.2) is 11.0 Å². The molecule has 0 aliphatic heterocycles. The number of thioether (sulfide) groups is 1. The van der Waals surface area contributed by atoms with Gasteiger partial charge < -0.3 is 10.1 Å². The number of benzene rings is 3. The molecule has 34 heavy (non-hydrogen) atoms. The van der Waals surface area contributed by atoms with E-state index < -0.39 is 0 Å². The number of hydrogen-bond acceptors (Lipinski definition) is 5. The molecule has 172 valence electrons. The average Bonchev–Trinajstić information content (AvgIpc) is 3.24. The lowest BCUT2D eigenvalue weighted by molar-refractivity contribution is -0.113. The van der Waals surface area contributed by atoms with Crippen molar-refractivity contribution in [2.45, 2.75) is 25.2 Å². The van der Waals surface area contributed by atoms with Crippen LogP contribution in [0.4, 0.5) is 5.69 Å². The van der Waals surface area contributed by atoms with Crippen molar-refractivity contribution in [1.29, 1.82) is 0 Å². The summed E-state index contributed by atoms with van der Waals surface area (Å²) < 4.78 is 7.79. The molecule has 0 saturated carbocycles.